The van der Waals surface area contributed by atoms with Gasteiger partial charge in [0.1, 0.15) is 12.2 Å². The van der Waals surface area contributed by atoms with Gasteiger partial charge >= 0.3 is 0 Å². The second-order valence-electron chi connectivity index (χ2n) is 2.83. The maximum atomic E-state index is 9.41. The van der Waals surface area contributed by atoms with Crippen molar-refractivity contribution in [3.8, 4) is 0 Å². The van der Waals surface area contributed by atoms with Gasteiger partial charge in [-0.1, -0.05) is 0 Å². The van der Waals surface area contributed by atoms with Crippen molar-refractivity contribution in [2.75, 3.05) is 0 Å². The molecule has 4 heteroatoms. The summed E-state index contributed by atoms with van der Waals surface area (Å²) in [7, 11) is 0. The first-order valence-corrected chi connectivity index (χ1v) is 3.35. The molecule has 2 rings (SSSR count). The lowest BCUT2D eigenvalue weighted by atomic mass is 10.2. The van der Waals surface area contributed by atoms with Gasteiger partial charge in [0.15, 0.2) is 0 Å². The average molecular weight is 139 g/mol. The number of nitrogens with zero attached hydrogens (tertiary/aromatic N) is 2. The molecule has 1 aliphatic rings. The summed E-state index contributed by atoms with van der Waals surface area (Å²) < 4.78 is 0. The van der Waals surface area contributed by atoms with E-state index in [-0.39, 0.29) is 0 Å². The third kappa shape index (κ3) is 1.02. The highest BCUT2D eigenvalue weighted by molar-refractivity contribution is 5.01. The number of hydrogen-bond acceptors (Lipinski definition) is 3. The summed E-state index contributed by atoms with van der Waals surface area (Å²) in [5.41, 5.74) is -0.459. The fourth-order valence-electron chi connectivity index (χ4n) is 0.949. The highest BCUT2D eigenvalue weighted by Crippen LogP contribution is 2.37. The minimum Gasteiger partial charge on any atom is -0.389 e. The van der Waals surface area contributed by atoms with Crippen LogP contribution in [0.1, 0.15) is 18.7 Å². The smallest absolute Gasteiger partial charge is 0.137 e. The molecule has 10 heavy (non-hydrogen) atoms. The summed E-state index contributed by atoms with van der Waals surface area (Å²) in [6, 6.07) is 0. The topological polar surface area (TPSA) is 61.8 Å². The van der Waals surface area contributed by atoms with Gasteiger partial charge in [-0.3, -0.25) is 5.10 Å². The van der Waals surface area contributed by atoms with Gasteiger partial charge in [-0.15, -0.1) is 0 Å². The Morgan fingerprint density at radius 3 is 3.00 bits per heavy atom. The fourth-order valence-corrected chi connectivity index (χ4v) is 0.949. The maximum absolute atomic E-state index is 9.41. The summed E-state index contributed by atoms with van der Waals surface area (Å²) in [6.07, 6.45) is 3.87. The number of aliphatic hydroxyl groups is 1. The highest BCUT2D eigenvalue weighted by Gasteiger charge is 2.40. The second kappa shape index (κ2) is 1.79. The first-order valence-electron chi connectivity index (χ1n) is 3.35. The van der Waals surface area contributed by atoms with Gasteiger partial charge in [0.2, 0.25) is 0 Å². The van der Waals surface area contributed by atoms with E-state index in [2.05, 4.69) is 15.2 Å². The van der Waals surface area contributed by atoms with E-state index in [4.69, 9.17) is 0 Å². The normalized spacial score (nSPS) is 20.9. The van der Waals surface area contributed by atoms with Gasteiger partial charge in [-0.2, -0.15) is 5.10 Å². The molecule has 4 nitrogen and oxygen atoms in total. The number of nitrogens with one attached hydrogen (secondary N) is 1. The number of aromatic nitrogens is 3. The van der Waals surface area contributed by atoms with Crippen LogP contribution in [-0.2, 0) is 6.42 Å². The Kier molecular flexibility index (Phi) is 1.05. The van der Waals surface area contributed by atoms with Crippen LogP contribution in [0, 0.1) is 0 Å². The van der Waals surface area contributed by atoms with E-state index in [1.165, 1.54) is 6.33 Å². The maximum Gasteiger partial charge on any atom is 0.137 e. The minimum atomic E-state index is -0.459. The highest BCUT2D eigenvalue weighted by atomic mass is 16.3. The van der Waals surface area contributed by atoms with Crippen molar-refractivity contribution in [2.24, 2.45) is 0 Å². The molecule has 0 unspecified atom stereocenters. The summed E-state index contributed by atoms with van der Waals surface area (Å²) in [5, 5.41) is 15.8. The number of rotatable bonds is 2. The van der Waals surface area contributed by atoms with E-state index in [1.807, 2.05) is 0 Å². The SMILES string of the molecule is OC1(Cc2ncn[nH]2)CC1. The molecule has 0 aromatic carbocycles. The van der Waals surface area contributed by atoms with Gasteiger partial charge in [0, 0.05) is 6.42 Å². The zero-order valence-electron chi connectivity index (χ0n) is 5.54. The Morgan fingerprint density at radius 1 is 1.70 bits per heavy atom. The monoisotopic (exact) mass is 139 g/mol. The molecule has 0 radical (unpaired) electrons. The van der Waals surface area contributed by atoms with Crippen LogP contribution in [0.5, 0.6) is 0 Å². The zero-order valence-corrected chi connectivity index (χ0v) is 5.54. The van der Waals surface area contributed by atoms with Crippen molar-refractivity contribution in [3.05, 3.63) is 12.2 Å². The Balaban J connectivity index is 2.04. The van der Waals surface area contributed by atoms with Crippen molar-refractivity contribution in [3.63, 3.8) is 0 Å². The predicted molar refractivity (Wildman–Crippen MR) is 34.3 cm³/mol. The van der Waals surface area contributed by atoms with Crippen LogP contribution in [-0.4, -0.2) is 25.9 Å². The van der Waals surface area contributed by atoms with Crippen LogP contribution >= 0.6 is 0 Å². The molecule has 0 saturated heterocycles. The number of H-pyrrole nitrogens is 1. The molecule has 1 saturated carbocycles. The van der Waals surface area contributed by atoms with Crippen molar-refractivity contribution in [2.45, 2.75) is 24.9 Å². The Hall–Kier alpha value is -0.900. The molecule has 0 amide bonds. The Bertz CT molecular complexity index is 215. The summed E-state index contributed by atoms with van der Waals surface area (Å²) in [6.45, 7) is 0. The number of hydrogen-bond donors (Lipinski definition) is 2. The molecule has 0 atom stereocenters. The molecule has 0 aliphatic heterocycles. The van der Waals surface area contributed by atoms with Gasteiger partial charge in [0.25, 0.3) is 0 Å². The lowest BCUT2D eigenvalue weighted by Crippen LogP contribution is -2.11. The van der Waals surface area contributed by atoms with E-state index >= 15 is 0 Å². The average Bonchev–Trinajstić information content (AvgIpc) is 2.47. The van der Waals surface area contributed by atoms with Crippen molar-refractivity contribution >= 4 is 0 Å². The molecule has 1 fully saturated rings. The Labute approximate surface area is 58.3 Å². The molecular formula is C6H9N3O. The fraction of sp³-hybridized carbons (Fsp3) is 0.667. The molecule has 0 spiro atoms. The lowest BCUT2D eigenvalue weighted by Gasteiger charge is -2.01. The molecule has 1 aliphatic carbocycles. The Morgan fingerprint density at radius 2 is 2.50 bits per heavy atom. The molecule has 54 valence electrons. The number of aromatic amines is 1. The van der Waals surface area contributed by atoms with E-state index in [0.717, 1.165) is 18.7 Å². The van der Waals surface area contributed by atoms with Crippen molar-refractivity contribution in [1.29, 1.82) is 0 Å². The summed E-state index contributed by atoms with van der Waals surface area (Å²) in [5.74, 6) is 0.778. The second-order valence-corrected chi connectivity index (χ2v) is 2.83. The summed E-state index contributed by atoms with van der Waals surface area (Å²) >= 11 is 0. The van der Waals surface area contributed by atoms with E-state index < -0.39 is 5.60 Å². The van der Waals surface area contributed by atoms with Crippen LogP contribution in [0.4, 0.5) is 0 Å². The van der Waals surface area contributed by atoms with E-state index in [1.54, 1.807) is 0 Å². The minimum absolute atomic E-state index is 0.459. The molecule has 1 aromatic rings. The zero-order chi connectivity index (χ0) is 7.03. The van der Waals surface area contributed by atoms with Crippen molar-refractivity contribution < 1.29 is 5.11 Å². The van der Waals surface area contributed by atoms with E-state index in [9.17, 15) is 5.11 Å². The van der Waals surface area contributed by atoms with Crippen LogP contribution in [0.3, 0.4) is 0 Å². The van der Waals surface area contributed by atoms with Crippen LogP contribution in [0.25, 0.3) is 0 Å². The van der Waals surface area contributed by atoms with E-state index in [0.29, 0.717) is 6.42 Å². The predicted octanol–water partition coefficient (Wildman–Crippen LogP) is -0.128. The molecule has 1 heterocycles. The molecular weight excluding hydrogens is 130 g/mol. The lowest BCUT2D eigenvalue weighted by molar-refractivity contribution is 0.148. The third-order valence-electron chi connectivity index (χ3n) is 1.79. The first-order chi connectivity index (χ1) is 4.79. The third-order valence-corrected chi connectivity index (χ3v) is 1.79. The van der Waals surface area contributed by atoms with Gasteiger partial charge in [0.05, 0.1) is 5.60 Å². The molecule has 1 aromatic heterocycles. The summed E-state index contributed by atoms with van der Waals surface area (Å²) in [4.78, 5) is 3.91. The van der Waals surface area contributed by atoms with Crippen molar-refractivity contribution in [1.82, 2.24) is 15.2 Å². The van der Waals surface area contributed by atoms with Gasteiger partial charge < -0.3 is 5.11 Å². The standard InChI is InChI=1S/C6H9N3O/c10-6(1-2-6)3-5-7-4-8-9-5/h4,10H,1-3H2,(H,7,8,9). The molecule has 0 bridgehead atoms. The van der Waals surface area contributed by atoms with Crippen LogP contribution in [0.2, 0.25) is 0 Å². The van der Waals surface area contributed by atoms with Gasteiger partial charge in [-0.05, 0) is 12.8 Å². The molecule has 2 N–H and O–H groups in total. The first kappa shape index (κ1) is 5.85. The quantitative estimate of drug-likeness (QED) is 0.600. The van der Waals surface area contributed by atoms with Gasteiger partial charge in [-0.25, -0.2) is 4.98 Å². The van der Waals surface area contributed by atoms with Crippen LogP contribution in [0.15, 0.2) is 6.33 Å². The largest absolute Gasteiger partial charge is 0.389 e. The van der Waals surface area contributed by atoms with Crippen LogP contribution < -0.4 is 0 Å².